The molecular weight excluding hydrogens is 983 g/mol. The Balaban J connectivity index is 1.50. The zero-order valence-corrected chi connectivity index (χ0v) is 41.2. The van der Waals surface area contributed by atoms with Crippen molar-refractivity contribution in [2.24, 2.45) is 0 Å². The molecule has 368 valence electrons. The Hall–Kier alpha value is -7.82. The number of hydrogen-bond acceptors (Lipinski definition) is 5. The molecule has 0 bridgehead atoms. The van der Waals surface area contributed by atoms with Crippen LogP contribution < -0.4 is 36.5 Å². The fraction of sp³-hybridized carbons (Fsp3) is 0.0667. The van der Waals surface area contributed by atoms with E-state index < -0.39 is 50.2 Å². The summed E-state index contributed by atoms with van der Waals surface area (Å²) >= 11 is 0. The van der Waals surface area contributed by atoms with E-state index in [-0.39, 0.29) is 18.4 Å². The maximum atomic E-state index is 15.0. The van der Waals surface area contributed by atoms with Gasteiger partial charge in [0.15, 0.2) is 0 Å². The van der Waals surface area contributed by atoms with Crippen molar-refractivity contribution in [3.63, 3.8) is 0 Å². The van der Waals surface area contributed by atoms with Gasteiger partial charge >= 0.3 is 428 Å². The van der Waals surface area contributed by atoms with Gasteiger partial charge in [-0.2, -0.15) is 0 Å². The molecule has 14 heteroatoms. The molecule has 5 nitrogen and oxygen atoms in total. The van der Waals surface area contributed by atoms with Gasteiger partial charge in [0.2, 0.25) is 0 Å². The third kappa shape index (κ3) is 9.28. The van der Waals surface area contributed by atoms with E-state index in [0.717, 1.165) is 0 Å². The van der Waals surface area contributed by atoms with E-state index in [1.807, 2.05) is 182 Å². The zero-order valence-electron chi connectivity index (χ0n) is 39.4. The fourth-order valence-electron chi connectivity index (χ4n) is 10.1. The normalized spacial score (nSPS) is 13.0. The molecule has 9 rings (SSSR count). The van der Waals surface area contributed by atoms with Gasteiger partial charge < -0.3 is 0 Å². The molecule has 0 aliphatic carbocycles. The molecule has 0 radical (unpaired) electrons. The van der Waals surface area contributed by atoms with E-state index in [1.165, 1.54) is 0 Å². The summed E-state index contributed by atoms with van der Waals surface area (Å²) in [5, 5.41) is 25.0. The van der Waals surface area contributed by atoms with E-state index in [1.54, 1.807) is 48.5 Å². The molecule has 0 unspecified atom stereocenters. The van der Waals surface area contributed by atoms with E-state index >= 15 is 0 Å². The molecule has 0 heterocycles. The van der Waals surface area contributed by atoms with Crippen molar-refractivity contribution in [2.75, 3.05) is 0 Å². The predicted octanol–water partition coefficient (Wildman–Crippen LogP) is 13.2. The Labute approximate surface area is 426 Å². The van der Waals surface area contributed by atoms with Gasteiger partial charge in [-0.05, 0) is 0 Å². The van der Waals surface area contributed by atoms with Crippen LogP contribution in [0.5, 0.6) is 5.75 Å². The number of benzene rings is 9. The molecule has 0 aliphatic heterocycles. The SMILES string of the molecule is N#Cc1ccccc1CP(OB(Oc1cc(C(F)(F)F)cc(C(F)(F)F)c1)OP(Cc1ccccc1C#N)(c1ccccc1)(c1ccccc1)c1ccccc1)(c1ccccc1)(c1ccccc1)c1ccccc1. The average molecular weight is 1030 g/mol. The molecule has 0 aromatic heterocycles. The monoisotopic (exact) mass is 1030 g/mol. The van der Waals surface area contributed by atoms with Crippen molar-refractivity contribution in [3.05, 3.63) is 282 Å². The van der Waals surface area contributed by atoms with Crippen LogP contribution in [0.15, 0.2) is 249 Å². The molecule has 0 N–H and O–H groups in total. The number of halogens is 6. The van der Waals surface area contributed by atoms with Gasteiger partial charge in [-0.3, -0.25) is 0 Å². The molecule has 0 fully saturated rings. The van der Waals surface area contributed by atoms with Gasteiger partial charge in [0.1, 0.15) is 0 Å². The van der Waals surface area contributed by atoms with E-state index in [9.17, 15) is 36.9 Å². The van der Waals surface area contributed by atoms with E-state index in [0.29, 0.717) is 66.2 Å². The summed E-state index contributed by atoms with van der Waals surface area (Å²) in [5.41, 5.74) is -1.60. The van der Waals surface area contributed by atoms with Gasteiger partial charge in [-0.25, -0.2) is 0 Å². The Morgan fingerprint density at radius 2 is 0.622 bits per heavy atom. The van der Waals surface area contributed by atoms with Gasteiger partial charge in [-0.15, -0.1) is 0 Å². The molecular formula is C60H45BF6N2O3P2. The molecule has 0 amide bonds. The third-order valence-electron chi connectivity index (χ3n) is 13.5. The maximum absolute atomic E-state index is 15.0. The van der Waals surface area contributed by atoms with Crippen molar-refractivity contribution < 1.29 is 39.9 Å². The van der Waals surface area contributed by atoms with Crippen LogP contribution in [0.25, 0.3) is 0 Å². The van der Waals surface area contributed by atoms with Crippen LogP contribution in [0.1, 0.15) is 33.4 Å². The second-order valence-corrected chi connectivity index (χ2v) is 26.7. The average Bonchev–Trinajstić information content (AvgIpc) is 3.45. The third-order valence-corrected chi connectivity index (χ3v) is 25.0. The van der Waals surface area contributed by atoms with Crippen LogP contribution in [0.4, 0.5) is 26.3 Å². The fourth-order valence-corrected chi connectivity index (χ4v) is 21.5. The van der Waals surface area contributed by atoms with Crippen molar-refractivity contribution >= 4 is 52.8 Å². The zero-order chi connectivity index (χ0) is 51.9. The Morgan fingerprint density at radius 3 is 0.878 bits per heavy atom. The standard InChI is InChI=1S/C60H45BF6N2O3P2/c62-59(63,64)50-39-51(60(65,66)67)41-52(40-50)70-61(71-73(53-27-7-1-8-28-53,54-29-9-2-10-30-54,55-31-11-3-12-32-55)44-48-25-21-19-23-46(48)42-68)72-74(56-33-13-4-14-34-56,57-35-15-5-16-36-57,58-37-17-6-18-38-58)45-49-26-22-20-24-47(49)43-69/h1-41H,44-45H2. The van der Waals surface area contributed by atoms with Crippen LogP contribution in [-0.4, -0.2) is 7.32 Å². The summed E-state index contributed by atoms with van der Waals surface area (Å²) < 4.78 is 113. The second kappa shape index (κ2) is 20.6. The van der Waals surface area contributed by atoms with Gasteiger partial charge in [-0.1, -0.05) is 0 Å². The number of alkyl halides is 6. The molecule has 0 aliphatic rings. The summed E-state index contributed by atoms with van der Waals surface area (Å²) in [6.07, 6.45) is -10.7. The Kier molecular flexibility index (Phi) is 14.2. The Bertz CT molecular complexity index is 3050. The first-order chi connectivity index (χ1) is 35.7. The Morgan fingerprint density at radius 1 is 0.365 bits per heavy atom. The summed E-state index contributed by atoms with van der Waals surface area (Å²) in [6.45, 7) is -10.1. The number of nitriles is 2. The van der Waals surface area contributed by atoms with Crippen molar-refractivity contribution in [1.82, 2.24) is 0 Å². The van der Waals surface area contributed by atoms with Crippen LogP contribution in [0, 0.1) is 22.7 Å². The summed E-state index contributed by atoms with van der Waals surface area (Å²) in [6, 6.07) is 74.8. The molecule has 9 aromatic carbocycles. The summed E-state index contributed by atoms with van der Waals surface area (Å²) in [5.74, 6) is -0.858. The van der Waals surface area contributed by atoms with Gasteiger partial charge in [0.25, 0.3) is 0 Å². The van der Waals surface area contributed by atoms with Crippen molar-refractivity contribution in [2.45, 2.75) is 24.7 Å². The number of nitrogens with zero attached hydrogens (tertiary/aromatic N) is 2. The van der Waals surface area contributed by atoms with Crippen LogP contribution in [0.3, 0.4) is 0 Å². The van der Waals surface area contributed by atoms with Gasteiger partial charge in [0.05, 0.1) is 0 Å². The topological polar surface area (TPSA) is 75.3 Å². The summed E-state index contributed by atoms with van der Waals surface area (Å²) in [7, 11) is -2.24. The predicted molar refractivity (Wildman–Crippen MR) is 285 cm³/mol. The van der Waals surface area contributed by atoms with E-state index in [2.05, 4.69) is 12.1 Å². The molecule has 0 spiro atoms. The molecule has 0 saturated heterocycles. The minimum absolute atomic E-state index is 0.0388. The van der Waals surface area contributed by atoms with Crippen molar-refractivity contribution in [3.8, 4) is 17.9 Å². The van der Waals surface area contributed by atoms with Crippen LogP contribution in [0.2, 0.25) is 0 Å². The first-order valence-corrected chi connectivity index (χ1v) is 28.1. The van der Waals surface area contributed by atoms with Crippen LogP contribution in [-0.2, 0) is 33.6 Å². The van der Waals surface area contributed by atoms with Gasteiger partial charge in [0, 0.05) is 0 Å². The summed E-state index contributed by atoms with van der Waals surface area (Å²) in [4.78, 5) is 0. The number of rotatable bonds is 16. The minimum atomic E-state index is -5.26. The van der Waals surface area contributed by atoms with Crippen LogP contribution >= 0.6 is 13.7 Å². The quantitative estimate of drug-likeness (QED) is 0.0548. The first-order valence-electron chi connectivity index (χ1n) is 23.4. The molecule has 74 heavy (non-hydrogen) atoms. The molecule has 0 atom stereocenters. The van der Waals surface area contributed by atoms with Crippen molar-refractivity contribution in [1.29, 1.82) is 10.5 Å². The molecule has 0 saturated carbocycles. The first kappa shape index (κ1) is 51.1. The van der Waals surface area contributed by atoms with E-state index in [4.69, 9.17) is 13.5 Å². The molecule has 9 aromatic rings. The number of hydrogen-bond donors (Lipinski definition) is 0. The second-order valence-electron chi connectivity index (χ2n) is 17.7.